The summed E-state index contributed by atoms with van der Waals surface area (Å²) in [5.74, 6) is -0.211. The number of nitrogens with one attached hydrogen (secondary N) is 1. The Labute approximate surface area is 166 Å². The maximum atomic E-state index is 12.7. The number of amides is 1. The second-order valence-corrected chi connectivity index (χ2v) is 7.63. The van der Waals surface area contributed by atoms with Gasteiger partial charge in [0, 0.05) is 11.3 Å². The number of hydrogen-bond donors (Lipinski definition) is 1. The van der Waals surface area contributed by atoms with Gasteiger partial charge in [-0.2, -0.15) is 0 Å². The second kappa shape index (κ2) is 7.51. The molecule has 5 heteroatoms. The second-order valence-electron chi connectivity index (χ2n) is 6.19. The number of nitrogens with zero attached hydrogens (tertiary/aromatic N) is 1. The van der Waals surface area contributed by atoms with Crippen molar-refractivity contribution in [3.8, 4) is 10.6 Å². The van der Waals surface area contributed by atoms with Crippen molar-refractivity contribution in [3.63, 3.8) is 0 Å². The van der Waals surface area contributed by atoms with E-state index in [0.29, 0.717) is 10.6 Å². The number of fused-ring (bicyclic) bond motifs is 1. The number of aromatic nitrogens is 1. The topological polar surface area (TPSA) is 42.0 Å². The molecule has 0 saturated heterocycles. The van der Waals surface area contributed by atoms with Crippen molar-refractivity contribution >= 4 is 44.7 Å². The van der Waals surface area contributed by atoms with Crippen molar-refractivity contribution in [2.75, 3.05) is 5.32 Å². The first kappa shape index (κ1) is 17.7. The molecular weight excluding hydrogens is 376 g/mol. The van der Waals surface area contributed by atoms with E-state index >= 15 is 0 Å². The predicted molar refractivity (Wildman–Crippen MR) is 114 cm³/mol. The Kier molecular flexibility index (Phi) is 4.92. The van der Waals surface area contributed by atoms with Crippen LogP contribution in [0.3, 0.4) is 0 Å². The monoisotopic (exact) mass is 392 g/mol. The minimum atomic E-state index is -0.211. The Morgan fingerprint density at radius 2 is 1.93 bits per heavy atom. The number of aryl methyl sites for hydroxylation is 1. The Hall–Kier alpha value is -2.69. The highest BCUT2D eigenvalue weighted by Crippen LogP contribution is 2.31. The average molecular weight is 393 g/mol. The first-order valence-corrected chi connectivity index (χ1v) is 9.89. The molecule has 0 atom stereocenters. The summed E-state index contributed by atoms with van der Waals surface area (Å²) < 4.78 is 1.14. The maximum Gasteiger partial charge on any atom is 0.257 e. The van der Waals surface area contributed by atoms with E-state index in [1.165, 1.54) is 0 Å². The summed E-state index contributed by atoms with van der Waals surface area (Å²) in [6.07, 6.45) is 0.852. The fourth-order valence-electron chi connectivity index (χ4n) is 2.89. The van der Waals surface area contributed by atoms with Crippen LogP contribution in [0.5, 0.6) is 0 Å². The van der Waals surface area contributed by atoms with Gasteiger partial charge in [0.2, 0.25) is 0 Å². The summed E-state index contributed by atoms with van der Waals surface area (Å²) in [4.78, 5) is 17.4. The SMILES string of the molecule is CCc1ccc(Cl)c(C(=O)Nc2cccc(-c3nc4ccccc4s3)c2)c1. The van der Waals surface area contributed by atoms with Gasteiger partial charge in [0.25, 0.3) is 5.91 Å². The van der Waals surface area contributed by atoms with Crippen LogP contribution in [0.2, 0.25) is 5.02 Å². The molecule has 4 rings (SSSR count). The zero-order valence-corrected chi connectivity index (χ0v) is 16.3. The highest BCUT2D eigenvalue weighted by Gasteiger charge is 2.12. The molecule has 0 fully saturated rings. The first-order chi connectivity index (χ1) is 13.1. The van der Waals surface area contributed by atoms with Gasteiger partial charge in [-0.3, -0.25) is 4.79 Å². The molecule has 0 aliphatic carbocycles. The van der Waals surface area contributed by atoms with Gasteiger partial charge < -0.3 is 5.32 Å². The van der Waals surface area contributed by atoms with E-state index in [2.05, 4.69) is 16.4 Å². The van der Waals surface area contributed by atoms with Crippen molar-refractivity contribution in [1.82, 2.24) is 4.98 Å². The van der Waals surface area contributed by atoms with Gasteiger partial charge >= 0.3 is 0 Å². The minimum Gasteiger partial charge on any atom is -0.322 e. The first-order valence-electron chi connectivity index (χ1n) is 8.70. The van der Waals surface area contributed by atoms with E-state index in [0.717, 1.165) is 38.5 Å². The maximum absolute atomic E-state index is 12.7. The molecular formula is C22H17ClN2OS. The lowest BCUT2D eigenvalue weighted by molar-refractivity contribution is 0.102. The summed E-state index contributed by atoms with van der Waals surface area (Å²) in [5.41, 5.74) is 4.24. The molecule has 3 nitrogen and oxygen atoms in total. The Morgan fingerprint density at radius 1 is 1.07 bits per heavy atom. The van der Waals surface area contributed by atoms with Gasteiger partial charge in [0.15, 0.2) is 0 Å². The number of carbonyl (C=O) groups excluding carboxylic acids is 1. The smallest absolute Gasteiger partial charge is 0.257 e. The Morgan fingerprint density at radius 3 is 2.74 bits per heavy atom. The Balaban J connectivity index is 1.62. The van der Waals surface area contributed by atoms with Crippen molar-refractivity contribution < 1.29 is 4.79 Å². The number of benzene rings is 3. The summed E-state index contributed by atoms with van der Waals surface area (Å²) in [7, 11) is 0. The number of hydrogen-bond acceptors (Lipinski definition) is 3. The van der Waals surface area contributed by atoms with E-state index < -0.39 is 0 Å². The lowest BCUT2D eigenvalue weighted by Crippen LogP contribution is -2.12. The number of anilines is 1. The molecule has 4 aromatic rings. The van der Waals surface area contributed by atoms with Crippen LogP contribution in [0.4, 0.5) is 5.69 Å². The van der Waals surface area contributed by atoms with E-state index in [1.807, 2.05) is 61.5 Å². The molecule has 1 amide bonds. The standard InChI is InChI=1S/C22H17ClN2OS/c1-2-14-10-11-18(23)17(12-14)21(26)24-16-7-5-6-15(13-16)22-25-19-8-3-4-9-20(19)27-22/h3-13H,2H2,1H3,(H,24,26). The van der Waals surface area contributed by atoms with Crippen molar-refractivity contribution in [2.45, 2.75) is 13.3 Å². The summed E-state index contributed by atoms with van der Waals surface area (Å²) in [6.45, 7) is 2.05. The van der Waals surface area contributed by atoms with Crippen LogP contribution in [0.25, 0.3) is 20.8 Å². The summed E-state index contributed by atoms with van der Waals surface area (Å²) in [6, 6.07) is 21.3. The van der Waals surface area contributed by atoms with E-state index in [-0.39, 0.29) is 5.91 Å². The largest absolute Gasteiger partial charge is 0.322 e. The number of halogens is 1. The number of para-hydroxylation sites is 1. The third kappa shape index (κ3) is 3.72. The fraction of sp³-hybridized carbons (Fsp3) is 0.0909. The quantitative estimate of drug-likeness (QED) is 0.434. The highest BCUT2D eigenvalue weighted by molar-refractivity contribution is 7.21. The van der Waals surface area contributed by atoms with Gasteiger partial charge in [-0.25, -0.2) is 4.98 Å². The molecule has 0 spiro atoms. The van der Waals surface area contributed by atoms with Crippen LogP contribution >= 0.6 is 22.9 Å². The fourth-order valence-corrected chi connectivity index (χ4v) is 4.06. The zero-order valence-electron chi connectivity index (χ0n) is 14.7. The molecule has 134 valence electrons. The molecule has 27 heavy (non-hydrogen) atoms. The zero-order chi connectivity index (χ0) is 18.8. The van der Waals surface area contributed by atoms with E-state index in [9.17, 15) is 4.79 Å². The molecule has 1 heterocycles. The average Bonchev–Trinajstić information content (AvgIpc) is 3.13. The van der Waals surface area contributed by atoms with E-state index in [1.54, 1.807) is 17.4 Å². The third-order valence-corrected chi connectivity index (χ3v) is 5.76. The van der Waals surface area contributed by atoms with Gasteiger partial charge in [0.05, 0.1) is 20.8 Å². The highest BCUT2D eigenvalue weighted by atomic mass is 35.5. The minimum absolute atomic E-state index is 0.211. The number of carbonyl (C=O) groups is 1. The molecule has 3 aromatic carbocycles. The molecule has 0 aliphatic heterocycles. The van der Waals surface area contributed by atoms with Gasteiger partial charge in [0.1, 0.15) is 5.01 Å². The summed E-state index contributed by atoms with van der Waals surface area (Å²) in [5, 5.41) is 4.33. The van der Waals surface area contributed by atoms with Crippen molar-refractivity contribution in [1.29, 1.82) is 0 Å². The molecule has 0 saturated carbocycles. The van der Waals surface area contributed by atoms with Crippen LogP contribution < -0.4 is 5.32 Å². The normalized spacial score (nSPS) is 10.9. The molecule has 1 N–H and O–H groups in total. The van der Waals surface area contributed by atoms with Gasteiger partial charge in [-0.05, 0) is 48.4 Å². The van der Waals surface area contributed by atoms with Gasteiger partial charge in [-0.15, -0.1) is 11.3 Å². The summed E-state index contributed by atoms with van der Waals surface area (Å²) >= 11 is 7.85. The third-order valence-electron chi connectivity index (χ3n) is 4.34. The van der Waals surface area contributed by atoms with Crippen LogP contribution in [0.15, 0.2) is 66.7 Å². The Bertz CT molecular complexity index is 1100. The number of rotatable bonds is 4. The van der Waals surface area contributed by atoms with Gasteiger partial charge in [-0.1, -0.05) is 48.9 Å². The predicted octanol–water partition coefficient (Wildman–Crippen LogP) is 6.43. The van der Waals surface area contributed by atoms with Crippen LogP contribution in [-0.4, -0.2) is 10.9 Å². The number of thiazole rings is 1. The van der Waals surface area contributed by atoms with Crippen molar-refractivity contribution in [3.05, 3.63) is 82.9 Å². The van der Waals surface area contributed by atoms with Crippen molar-refractivity contribution in [2.24, 2.45) is 0 Å². The van der Waals surface area contributed by atoms with E-state index in [4.69, 9.17) is 11.6 Å². The lowest BCUT2D eigenvalue weighted by Gasteiger charge is -2.09. The van der Waals surface area contributed by atoms with Crippen LogP contribution in [0, 0.1) is 0 Å². The van der Waals surface area contributed by atoms with Crippen LogP contribution in [0.1, 0.15) is 22.8 Å². The van der Waals surface area contributed by atoms with Crippen LogP contribution in [-0.2, 0) is 6.42 Å². The molecule has 0 bridgehead atoms. The lowest BCUT2D eigenvalue weighted by atomic mass is 10.1. The molecule has 0 radical (unpaired) electrons. The molecule has 1 aromatic heterocycles. The molecule has 0 aliphatic rings. The molecule has 0 unspecified atom stereocenters.